The molecule has 0 bridgehead atoms. The highest BCUT2D eigenvalue weighted by molar-refractivity contribution is 6.76. The SMILES string of the molecule is COc1nccc(OC2CC2)c1-c1cn(COCC[Si](C)(C)C)c2nc(NC(=O)C3CC3CCO)ccc12. The number of nitrogens with zero attached hydrogens (tertiary/aromatic N) is 3. The third kappa shape index (κ3) is 6.19. The van der Waals surface area contributed by atoms with Crippen molar-refractivity contribution < 1.29 is 24.1 Å². The zero-order valence-corrected chi connectivity index (χ0v) is 23.7. The Labute approximate surface area is 224 Å². The Morgan fingerprint density at radius 2 is 2.05 bits per heavy atom. The van der Waals surface area contributed by atoms with Crippen molar-refractivity contribution in [1.82, 2.24) is 14.5 Å². The first kappa shape index (κ1) is 26.6. The lowest BCUT2D eigenvalue weighted by molar-refractivity contribution is -0.117. The van der Waals surface area contributed by atoms with Crippen molar-refractivity contribution in [2.45, 2.75) is 64.2 Å². The Balaban J connectivity index is 1.48. The molecule has 0 aliphatic heterocycles. The summed E-state index contributed by atoms with van der Waals surface area (Å²) >= 11 is 0. The van der Waals surface area contributed by atoms with Crippen molar-refractivity contribution in [2.75, 3.05) is 25.6 Å². The van der Waals surface area contributed by atoms with Gasteiger partial charge < -0.3 is 29.2 Å². The van der Waals surface area contributed by atoms with Gasteiger partial charge in [0, 0.05) is 50.5 Å². The van der Waals surface area contributed by atoms with Crippen molar-refractivity contribution in [3.63, 3.8) is 0 Å². The fourth-order valence-corrected chi connectivity index (χ4v) is 5.39. The molecule has 2 aliphatic carbocycles. The number of rotatable bonds is 13. The molecule has 2 saturated carbocycles. The maximum atomic E-state index is 12.7. The smallest absolute Gasteiger partial charge is 0.228 e. The number of aliphatic hydroxyl groups excluding tert-OH is 1. The molecule has 0 aromatic carbocycles. The molecule has 3 aromatic rings. The first-order valence-corrected chi connectivity index (χ1v) is 17.2. The molecule has 2 N–H and O–H groups in total. The molecular weight excluding hydrogens is 500 g/mol. The van der Waals surface area contributed by atoms with E-state index >= 15 is 0 Å². The summed E-state index contributed by atoms with van der Waals surface area (Å²) in [5, 5.41) is 13.0. The second-order valence-electron chi connectivity index (χ2n) is 11.5. The number of pyridine rings is 2. The molecule has 0 radical (unpaired) electrons. The second-order valence-corrected chi connectivity index (χ2v) is 17.2. The molecule has 38 heavy (non-hydrogen) atoms. The summed E-state index contributed by atoms with van der Waals surface area (Å²) in [5.41, 5.74) is 2.39. The number of hydrogen-bond acceptors (Lipinski definition) is 7. The fourth-order valence-electron chi connectivity index (χ4n) is 4.64. The van der Waals surface area contributed by atoms with Gasteiger partial charge in [-0.2, -0.15) is 0 Å². The van der Waals surface area contributed by atoms with Crippen LogP contribution in [0, 0.1) is 11.8 Å². The van der Waals surface area contributed by atoms with Crippen LogP contribution in [0.3, 0.4) is 0 Å². The topological polar surface area (TPSA) is 108 Å². The van der Waals surface area contributed by atoms with Crippen LogP contribution >= 0.6 is 0 Å². The predicted octanol–water partition coefficient (Wildman–Crippen LogP) is 4.92. The summed E-state index contributed by atoms with van der Waals surface area (Å²) in [6.07, 6.45) is 7.48. The first-order chi connectivity index (χ1) is 18.3. The average molecular weight is 539 g/mol. The second kappa shape index (κ2) is 11.0. The fraction of sp³-hybridized carbons (Fsp3) is 0.536. The van der Waals surface area contributed by atoms with Gasteiger partial charge in [0.05, 0.1) is 18.8 Å². The van der Waals surface area contributed by atoms with E-state index < -0.39 is 8.07 Å². The number of aromatic nitrogens is 3. The first-order valence-electron chi connectivity index (χ1n) is 13.5. The van der Waals surface area contributed by atoms with Crippen molar-refractivity contribution in [3.8, 4) is 22.8 Å². The molecule has 3 aromatic heterocycles. The largest absolute Gasteiger partial charge is 0.490 e. The van der Waals surface area contributed by atoms with Crippen molar-refractivity contribution in [1.29, 1.82) is 0 Å². The van der Waals surface area contributed by atoms with Crippen molar-refractivity contribution in [2.24, 2.45) is 11.8 Å². The van der Waals surface area contributed by atoms with E-state index in [1.807, 2.05) is 29.0 Å². The molecule has 3 heterocycles. The summed E-state index contributed by atoms with van der Waals surface area (Å²) in [7, 11) is 0.386. The third-order valence-electron chi connectivity index (χ3n) is 7.12. The summed E-state index contributed by atoms with van der Waals surface area (Å²) in [6, 6.07) is 6.75. The van der Waals surface area contributed by atoms with Gasteiger partial charge in [0.2, 0.25) is 11.8 Å². The highest BCUT2D eigenvalue weighted by Gasteiger charge is 2.42. The van der Waals surface area contributed by atoms with Crippen LogP contribution in [0.5, 0.6) is 11.6 Å². The lowest BCUT2D eigenvalue weighted by Crippen LogP contribution is -2.22. The number of carbonyl (C=O) groups excluding carboxylic acids is 1. The van der Waals surface area contributed by atoms with Gasteiger partial charge in [-0.1, -0.05) is 19.6 Å². The predicted molar refractivity (Wildman–Crippen MR) is 149 cm³/mol. The lowest BCUT2D eigenvalue weighted by Gasteiger charge is -2.15. The number of anilines is 1. The molecule has 2 unspecified atom stereocenters. The van der Waals surface area contributed by atoms with Gasteiger partial charge in [-0.25, -0.2) is 9.97 Å². The van der Waals surface area contributed by atoms with Crippen LogP contribution in [0.1, 0.15) is 25.7 Å². The van der Waals surface area contributed by atoms with E-state index in [1.165, 1.54) is 0 Å². The number of methoxy groups -OCH3 is 1. The van der Waals surface area contributed by atoms with Gasteiger partial charge in [0.1, 0.15) is 23.9 Å². The van der Waals surface area contributed by atoms with Gasteiger partial charge >= 0.3 is 0 Å². The van der Waals surface area contributed by atoms with Gasteiger partial charge in [0.25, 0.3) is 0 Å². The maximum Gasteiger partial charge on any atom is 0.228 e. The van der Waals surface area contributed by atoms with E-state index in [2.05, 4.69) is 29.9 Å². The highest BCUT2D eigenvalue weighted by Crippen LogP contribution is 2.44. The zero-order chi connectivity index (χ0) is 26.9. The van der Waals surface area contributed by atoms with E-state index in [0.29, 0.717) is 37.1 Å². The van der Waals surface area contributed by atoms with Gasteiger partial charge in [-0.15, -0.1) is 0 Å². The third-order valence-corrected chi connectivity index (χ3v) is 8.82. The van der Waals surface area contributed by atoms with Crippen LogP contribution in [-0.4, -0.2) is 60.1 Å². The molecule has 9 nitrogen and oxygen atoms in total. The Kier molecular flexibility index (Phi) is 7.74. The van der Waals surface area contributed by atoms with Crippen LogP contribution in [0.25, 0.3) is 22.2 Å². The normalized spacial score (nSPS) is 19.0. The number of ether oxygens (including phenoxy) is 3. The molecule has 0 spiro atoms. The number of aliphatic hydroxyl groups is 1. The molecule has 10 heteroatoms. The van der Waals surface area contributed by atoms with Crippen molar-refractivity contribution >= 4 is 30.8 Å². The Bertz CT molecular complexity index is 1300. The minimum Gasteiger partial charge on any atom is -0.490 e. The van der Waals surface area contributed by atoms with E-state index in [9.17, 15) is 9.90 Å². The molecule has 0 saturated heterocycles. The zero-order valence-electron chi connectivity index (χ0n) is 22.7. The number of nitrogens with one attached hydrogen (secondary N) is 1. The van der Waals surface area contributed by atoms with Crippen LogP contribution in [0.2, 0.25) is 25.7 Å². The quantitative estimate of drug-likeness (QED) is 0.235. The molecule has 2 aliphatic rings. The molecule has 5 rings (SSSR count). The van der Waals surface area contributed by atoms with E-state index in [-0.39, 0.29) is 30.5 Å². The Morgan fingerprint density at radius 3 is 2.76 bits per heavy atom. The van der Waals surface area contributed by atoms with Crippen LogP contribution in [0.15, 0.2) is 30.6 Å². The number of carbonyl (C=O) groups is 1. The summed E-state index contributed by atoms with van der Waals surface area (Å²) in [4.78, 5) is 22.0. The van der Waals surface area contributed by atoms with Crippen LogP contribution in [0.4, 0.5) is 5.82 Å². The molecule has 204 valence electrons. The molecular formula is C28H38N4O5Si. The average Bonchev–Trinajstić information content (AvgIpc) is 3.80. The monoisotopic (exact) mass is 538 g/mol. The number of amides is 1. The van der Waals surface area contributed by atoms with E-state index in [0.717, 1.165) is 47.6 Å². The maximum absolute atomic E-state index is 12.7. The summed E-state index contributed by atoms with van der Waals surface area (Å²) in [5.74, 6) is 1.87. The Morgan fingerprint density at radius 1 is 1.24 bits per heavy atom. The standard InChI is InChI=1S/C28H38N4O5Si/c1-35-28-25(23(9-11-29-28)37-19-5-6-19)22-16-32(17-36-13-14-38(2,3)4)26-20(22)7-8-24(30-26)31-27(34)21-15-18(21)10-12-33/h7-9,11,16,18-19,21,33H,5-6,10,12-15,17H2,1-4H3,(H,30,31,34). The molecule has 2 fully saturated rings. The minimum absolute atomic E-state index is 0.0472. The van der Waals surface area contributed by atoms with Crippen LogP contribution in [-0.2, 0) is 16.3 Å². The summed E-state index contributed by atoms with van der Waals surface area (Å²) < 4.78 is 20.0. The van der Waals surface area contributed by atoms with Crippen LogP contribution < -0.4 is 14.8 Å². The number of hydrogen-bond donors (Lipinski definition) is 2. The van der Waals surface area contributed by atoms with E-state index in [4.69, 9.17) is 19.2 Å². The minimum atomic E-state index is -1.22. The molecule has 1 amide bonds. The number of fused-ring (bicyclic) bond motifs is 1. The highest BCUT2D eigenvalue weighted by atomic mass is 28.3. The van der Waals surface area contributed by atoms with Gasteiger partial charge in [-0.3, -0.25) is 4.79 Å². The Hall–Kier alpha value is -2.95. The molecule has 2 atom stereocenters. The summed E-state index contributed by atoms with van der Waals surface area (Å²) in [6.45, 7) is 8.12. The van der Waals surface area contributed by atoms with E-state index in [1.54, 1.807) is 13.3 Å². The lowest BCUT2D eigenvalue weighted by atomic mass is 10.1. The van der Waals surface area contributed by atoms with Crippen molar-refractivity contribution in [3.05, 3.63) is 30.6 Å². The van der Waals surface area contributed by atoms with Gasteiger partial charge in [0.15, 0.2) is 0 Å². The van der Waals surface area contributed by atoms with Gasteiger partial charge in [-0.05, 0) is 55.8 Å².